The smallest absolute Gasteiger partial charge is 0.326 e. The fraction of sp³-hybridized carbons (Fsp3) is 0.333. The molecule has 0 aliphatic rings. The van der Waals surface area contributed by atoms with Crippen LogP contribution in [0.25, 0.3) is 0 Å². The van der Waals surface area contributed by atoms with Crippen LogP contribution in [0.3, 0.4) is 0 Å². The number of carboxylic acid groups (broad SMARTS) is 1. The zero-order valence-corrected chi connectivity index (χ0v) is 10.5. The molecule has 0 aromatic heterocycles. The number of amides is 1. The number of benzene rings is 1. The minimum Gasteiger partial charge on any atom is -0.480 e. The molecule has 1 atom stereocenters. The molecule has 0 saturated carbocycles. The number of nitro benzene ring substituents is 1. The minimum atomic E-state index is -1.14. The number of aryl methyl sites for hydroxylation is 1. The summed E-state index contributed by atoms with van der Waals surface area (Å²) in [7, 11) is 0. The first-order chi connectivity index (χ1) is 8.85. The lowest BCUT2D eigenvalue weighted by Gasteiger charge is -2.12. The molecule has 0 aliphatic carbocycles. The predicted molar refractivity (Wildman–Crippen MR) is 67.0 cm³/mol. The maximum Gasteiger partial charge on any atom is 0.326 e. The summed E-state index contributed by atoms with van der Waals surface area (Å²) in [5, 5.41) is 21.9. The third kappa shape index (κ3) is 3.77. The van der Waals surface area contributed by atoms with Crippen molar-refractivity contribution >= 4 is 17.6 Å². The first-order valence-electron chi connectivity index (χ1n) is 5.65. The summed E-state index contributed by atoms with van der Waals surface area (Å²) in [6.45, 7) is 3.25. The van der Waals surface area contributed by atoms with Gasteiger partial charge < -0.3 is 10.4 Å². The topological polar surface area (TPSA) is 110 Å². The van der Waals surface area contributed by atoms with E-state index in [-0.39, 0.29) is 17.7 Å². The van der Waals surface area contributed by atoms with E-state index in [1.807, 2.05) is 0 Å². The first kappa shape index (κ1) is 14.6. The van der Waals surface area contributed by atoms with Gasteiger partial charge in [-0.25, -0.2) is 4.79 Å². The molecule has 0 aliphatic heterocycles. The number of carbonyl (C=O) groups is 2. The Morgan fingerprint density at radius 1 is 1.42 bits per heavy atom. The van der Waals surface area contributed by atoms with Crippen LogP contribution in [0.5, 0.6) is 0 Å². The van der Waals surface area contributed by atoms with E-state index in [1.54, 1.807) is 13.8 Å². The molecule has 19 heavy (non-hydrogen) atoms. The first-order valence-corrected chi connectivity index (χ1v) is 5.65. The summed E-state index contributed by atoms with van der Waals surface area (Å²) in [5.74, 6) is -1.78. The second-order valence-corrected chi connectivity index (χ2v) is 4.09. The highest BCUT2D eigenvalue weighted by molar-refractivity contribution is 5.97. The normalized spacial score (nSPS) is 11.7. The Hall–Kier alpha value is -2.44. The van der Waals surface area contributed by atoms with Gasteiger partial charge in [-0.15, -0.1) is 0 Å². The van der Waals surface area contributed by atoms with E-state index < -0.39 is 22.8 Å². The highest BCUT2D eigenvalue weighted by Crippen LogP contribution is 2.16. The van der Waals surface area contributed by atoms with Gasteiger partial charge in [0.1, 0.15) is 6.04 Å². The maximum atomic E-state index is 11.8. The van der Waals surface area contributed by atoms with Crippen molar-refractivity contribution in [3.63, 3.8) is 0 Å². The highest BCUT2D eigenvalue weighted by Gasteiger charge is 2.20. The number of non-ortho nitro benzene ring substituents is 1. The number of nitrogens with zero attached hydrogens (tertiary/aromatic N) is 1. The number of carboxylic acids is 1. The zero-order chi connectivity index (χ0) is 14.6. The van der Waals surface area contributed by atoms with Crippen molar-refractivity contribution in [1.82, 2.24) is 5.32 Å². The van der Waals surface area contributed by atoms with E-state index in [2.05, 4.69) is 5.32 Å². The third-order valence-corrected chi connectivity index (χ3v) is 2.55. The summed E-state index contributed by atoms with van der Waals surface area (Å²) >= 11 is 0. The number of nitro groups is 1. The molecule has 7 heteroatoms. The Labute approximate surface area is 109 Å². The Bertz CT molecular complexity index is 527. The third-order valence-electron chi connectivity index (χ3n) is 2.55. The molecule has 7 nitrogen and oxygen atoms in total. The molecule has 1 amide bonds. The van der Waals surface area contributed by atoms with Crippen molar-refractivity contribution in [1.29, 1.82) is 0 Å². The Balaban J connectivity index is 2.99. The molecular weight excluding hydrogens is 252 g/mol. The van der Waals surface area contributed by atoms with E-state index in [4.69, 9.17) is 5.11 Å². The van der Waals surface area contributed by atoms with Crippen LogP contribution in [0.4, 0.5) is 5.69 Å². The molecular formula is C12H14N2O5. The van der Waals surface area contributed by atoms with Crippen molar-refractivity contribution in [2.75, 3.05) is 0 Å². The molecule has 0 spiro atoms. The second-order valence-electron chi connectivity index (χ2n) is 4.09. The van der Waals surface area contributed by atoms with Gasteiger partial charge in [0.2, 0.25) is 0 Å². The SMILES string of the molecule is CCC(NC(=O)c1cc(C)cc([N+](=O)[O-])c1)C(=O)O. The van der Waals surface area contributed by atoms with Gasteiger partial charge in [-0.1, -0.05) is 6.92 Å². The zero-order valence-electron chi connectivity index (χ0n) is 10.5. The van der Waals surface area contributed by atoms with Crippen LogP contribution < -0.4 is 5.32 Å². The van der Waals surface area contributed by atoms with Gasteiger partial charge in [0.05, 0.1) is 4.92 Å². The van der Waals surface area contributed by atoms with E-state index in [0.29, 0.717) is 5.56 Å². The molecule has 0 bridgehead atoms. The Morgan fingerprint density at radius 3 is 2.53 bits per heavy atom. The van der Waals surface area contributed by atoms with Gasteiger partial charge >= 0.3 is 5.97 Å². The average molecular weight is 266 g/mol. The van der Waals surface area contributed by atoms with Crippen molar-refractivity contribution in [2.45, 2.75) is 26.3 Å². The summed E-state index contributed by atoms with van der Waals surface area (Å²) in [4.78, 5) is 32.8. The largest absolute Gasteiger partial charge is 0.480 e. The maximum absolute atomic E-state index is 11.8. The van der Waals surface area contributed by atoms with Crippen molar-refractivity contribution < 1.29 is 19.6 Å². The van der Waals surface area contributed by atoms with Crippen LogP contribution in [0.15, 0.2) is 18.2 Å². The van der Waals surface area contributed by atoms with Gasteiger partial charge in [0.25, 0.3) is 11.6 Å². The number of aliphatic carboxylic acids is 1. The van der Waals surface area contributed by atoms with Crippen LogP contribution in [0.1, 0.15) is 29.3 Å². The minimum absolute atomic E-state index is 0.0754. The molecule has 1 unspecified atom stereocenters. The summed E-state index contributed by atoms with van der Waals surface area (Å²) < 4.78 is 0. The number of hydrogen-bond acceptors (Lipinski definition) is 4. The van der Waals surface area contributed by atoms with Crippen LogP contribution in [0.2, 0.25) is 0 Å². The monoisotopic (exact) mass is 266 g/mol. The predicted octanol–water partition coefficient (Wildman–Crippen LogP) is 1.50. The fourth-order valence-electron chi connectivity index (χ4n) is 1.58. The molecule has 2 N–H and O–H groups in total. The molecule has 1 aromatic rings. The van der Waals surface area contributed by atoms with Gasteiger partial charge in [-0.3, -0.25) is 14.9 Å². The van der Waals surface area contributed by atoms with E-state index in [1.165, 1.54) is 12.1 Å². The molecule has 0 saturated heterocycles. The molecule has 1 aromatic carbocycles. The molecule has 1 rings (SSSR count). The van der Waals surface area contributed by atoms with Crippen LogP contribution in [-0.2, 0) is 4.79 Å². The van der Waals surface area contributed by atoms with Crippen LogP contribution >= 0.6 is 0 Å². The lowest BCUT2D eigenvalue weighted by molar-refractivity contribution is -0.384. The number of carbonyl (C=O) groups excluding carboxylic acids is 1. The van der Waals surface area contributed by atoms with Crippen molar-refractivity contribution in [2.24, 2.45) is 0 Å². The number of nitrogens with one attached hydrogen (secondary N) is 1. The lowest BCUT2D eigenvalue weighted by Crippen LogP contribution is -2.40. The van der Waals surface area contributed by atoms with Crippen LogP contribution in [-0.4, -0.2) is 27.9 Å². The molecule has 0 heterocycles. The van der Waals surface area contributed by atoms with Crippen molar-refractivity contribution in [3.05, 3.63) is 39.4 Å². The van der Waals surface area contributed by atoms with E-state index in [9.17, 15) is 19.7 Å². The van der Waals surface area contributed by atoms with Gasteiger partial charge in [0.15, 0.2) is 0 Å². The summed E-state index contributed by atoms with van der Waals surface area (Å²) in [6, 6.07) is 2.92. The van der Waals surface area contributed by atoms with Gasteiger partial charge in [0, 0.05) is 17.7 Å². The fourth-order valence-corrected chi connectivity index (χ4v) is 1.58. The molecule has 0 radical (unpaired) electrons. The number of rotatable bonds is 5. The van der Waals surface area contributed by atoms with Gasteiger partial charge in [-0.2, -0.15) is 0 Å². The summed E-state index contributed by atoms with van der Waals surface area (Å²) in [6.07, 6.45) is 0.231. The van der Waals surface area contributed by atoms with Crippen LogP contribution in [0, 0.1) is 17.0 Å². The molecule has 102 valence electrons. The summed E-state index contributed by atoms with van der Waals surface area (Å²) in [5.41, 5.74) is 0.433. The standard InChI is InChI=1S/C12H14N2O5/c1-3-10(12(16)17)13-11(15)8-4-7(2)5-9(6-8)14(18)19/h4-6,10H,3H2,1-2H3,(H,13,15)(H,16,17). The number of hydrogen-bond donors (Lipinski definition) is 2. The Kier molecular flexibility index (Phi) is 4.57. The lowest BCUT2D eigenvalue weighted by atomic mass is 10.1. The van der Waals surface area contributed by atoms with E-state index >= 15 is 0 Å². The quantitative estimate of drug-likeness (QED) is 0.619. The van der Waals surface area contributed by atoms with E-state index in [0.717, 1.165) is 6.07 Å². The van der Waals surface area contributed by atoms with Gasteiger partial charge in [-0.05, 0) is 25.0 Å². The average Bonchev–Trinajstić information content (AvgIpc) is 2.34. The van der Waals surface area contributed by atoms with Crippen molar-refractivity contribution in [3.8, 4) is 0 Å². The second kappa shape index (κ2) is 5.94. The highest BCUT2D eigenvalue weighted by atomic mass is 16.6. The molecule has 0 fully saturated rings. The Morgan fingerprint density at radius 2 is 2.05 bits per heavy atom.